The zero-order chi connectivity index (χ0) is 13.0. The Labute approximate surface area is 110 Å². The molecule has 1 fully saturated rings. The number of nitrogens with one attached hydrogen (secondary N) is 1. The molecule has 1 aliphatic rings. The number of hydrogen-bond acceptors (Lipinski definition) is 3. The van der Waals surface area contributed by atoms with Gasteiger partial charge in [-0.2, -0.15) is 20.5 Å². The lowest BCUT2D eigenvalue weighted by molar-refractivity contribution is -0.0506. The third kappa shape index (κ3) is 3.59. The summed E-state index contributed by atoms with van der Waals surface area (Å²) in [5.41, 5.74) is 0.819. The highest BCUT2D eigenvalue weighted by Crippen LogP contribution is 2.31. The van der Waals surface area contributed by atoms with Gasteiger partial charge >= 0.3 is 6.61 Å². The van der Waals surface area contributed by atoms with Crippen LogP contribution < -0.4 is 10.1 Å². The van der Waals surface area contributed by atoms with Crippen LogP contribution >= 0.6 is 11.8 Å². The van der Waals surface area contributed by atoms with E-state index in [4.69, 9.17) is 0 Å². The minimum atomic E-state index is -2.77. The molecular formula is C13H17F2NOS. The van der Waals surface area contributed by atoms with Crippen molar-refractivity contribution in [3.8, 4) is 5.75 Å². The minimum absolute atomic E-state index is 0.0786. The Morgan fingerprint density at radius 3 is 2.94 bits per heavy atom. The largest absolute Gasteiger partial charge is 0.434 e. The first kappa shape index (κ1) is 13.6. The predicted molar refractivity (Wildman–Crippen MR) is 70.4 cm³/mol. The van der Waals surface area contributed by atoms with Gasteiger partial charge in [-0.25, -0.2) is 0 Å². The summed E-state index contributed by atoms with van der Waals surface area (Å²) in [6.45, 7) is 0.321. The number of ether oxygens (including phenoxy) is 1. The maximum atomic E-state index is 12.4. The van der Waals surface area contributed by atoms with Crippen LogP contribution in [0.4, 0.5) is 8.78 Å². The zero-order valence-electron chi connectivity index (χ0n) is 10.2. The fraction of sp³-hybridized carbons (Fsp3) is 0.538. The highest BCUT2D eigenvalue weighted by molar-refractivity contribution is 7.99. The molecule has 2 rings (SSSR count). The first-order valence-corrected chi connectivity index (χ1v) is 7.10. The van der Waals surface area contributed by atoms with Crippen molar-refractivity contribution in [3.63, 3.8) is 0 Å². The normalized spacial score (nSPS) is 24.9. The first-order chi connectivity index (χ1) is 8.66. The summed E-state index contributed by atoms with van der Waals surface area (Å²) >= 11 is 1.86. The molecule has 2 nitrogen and oxygen atoms in total. The highest BCUT2D eigenvalue weighted by atomic mass is 32.2. The Kier molecular flexibility index (Phi) is 4.83. The van der Waals surface area contributed by atoms with Crippen LogP contribution in [-0.4, -0.2) is 24.2 Å². The number of halogens is 2. The number of rotatable bonds is 3. The molecular weight excluding hydrogens is 256 g/mol. The molecule has 1 heterocycles. The molecule has 5 heteroatoms. The van der Waals surface area contributed by atoms with Crippen molar-refractivity contribution >= 4 is 11.8 Å². The van der Waals surface area contributed by atoms with Crippen LogP contribution in [-0.2, 0) is 0 Å². The van der Waals surface area contributed by atoms with E-state index < -0.39 is 6.61 Å². The van der Waals surface area contributed by atoms with Gasteiger partial charge < -0.3 is 10.1 Å². The highest BCUT2D eigenvalue weighted by Gasteiger charge is 2.21. The summed E-state index contributed by atoms with van der Waals surface area (Å²) in [6, 6.07) is 7.10. The molecule has 1 aromatic carbocycles. The van der Waals surface area contributed by atoms with Crippen molar-refractivity contribution in [2.75, 3.05) is 12.3 Å². The van der Waals surface area contributed by atoms with Crippen molar-refractivity contribution in [2.45, 2.75) is 31.2 Å². The zero-order valence-corrected chi connectivity index (χ0v) is 11.1. The molecule has 0 radical (unpaired) electrons. The van der Waals surface area contributed by atoms with Gasteiger partial charge in [0.15, 0.2) is 0 Å². The Hall–Kier alpha value is -0.810. The van der Waals surface area contributed by atoms with Crippen LogP contribution in [0.3, 0.4) is 0 Å². The quantitative estimate of drug-likeness (QED) is 0.911. The van der Waals surface area contributed by atoms with E-state index in [9.17, 15) is 8.78 Å². The summed E-state index contributed by atoms with van der Waals surface area (Å²) in [6.07, 6.45) is 1.10. The lowest BCUT2D eigenvalue weighted by Gasteiger charge is -2.19. The Bertz CT molecular complexity index is 389. The second-order valence-corrected chi connectivity index (χ2v) is 5.83. The van der Waals surface area contributed by atoms with Crippen LogP contribution in [0.15, 0.2) is 24.3 Å². The van der Waals surface area contributed by atoms with E-state index in [1.54, 1.807) is 12.1 Å². The second-order valence-electron chi connectivity index (χ2n) is 4.36. The van der Waals surface area contributed by atoms with Gasteiger partial charge in [0, 0.05) is 22.6 Å². The molecule has 0 saturated carbocycles. The van der Waals surface area contributed by atoms with Gasteiger partial charge in [-0.15, -0.1) is 0 Å². The minimum Gasteiger partial charge on any atom is -0.434 e. The smallest absolute Gasteiger partial charge is 0.387 e. The van der Waals surface area contributed by atoms with Crippen LogP contribution in [0, 0.1) is 0 Å². The fourth-order valence-corrected chi connectivity index (χ4v) is 3.14. The predicted octanol–water partition coefficient (Wildman–Crippen LogP) is 3.44. The maximum absolute atomic E-state index is 12.4. The topological polar surface area (TPSA) is 21.3 Å². The van der Waals surface area contributed by atoms with Crippen LogP contribution in [0.1, 0.15) is 24.9 Å². The third-order valence-electron chi connectivity index (χ3n) is 3.00. The maximum Gasteiger partial charge on any atom is 0.387 e. The molecule has 0 aliphatic carbocycles. The van der Waals surface area contributed by atoms with Crippen LogP contribution in [0.2, 0.25) is 0 Å². The molecule has 1 N–H and O–H groups in total. The lowest BCUT2D eigenvalue weighted by Crippen LogP contribution is -2.23. The van der Waals surface area contributed by atoms with Gasteiger partial charge in [0.05, 0.1) is 0 Å². The molecule has 18 heavy (non-hydrogen) atoms. The van der Waals surface area contributed by atoms with E-state index in [0.29, 0.717) is 5.25 Å². The van der Waals surface area contributed by atoms with Gasteiger partial charge in [-0.1, -0.05) is 25.1 Å². The second kappa shape index (κ2) is 6.38. The number of alkyl halides is 2. The number of para-hydroxylation sites is 1. The molecule has 100 valence electrons. The molecule has 0 bridgehead atoms. The average Bonchev–Trinajstić information content (AvgIpc) is 2.54. The van der Waals surface area contributed by atoms with E-state index in [-0.39, 0.29) is 11.8 Å². The molecule has 0 amide bonds. The van der Waals surface area contributed by atoms with Crippen LogP contribution in [0.25, 0.3) is 0 Å². The van der Waals surface area contributed by atoms with Crippen molar-refractivity contribution in [2.24, 2.45) is 0 Å². The number of thioether (sulfide) groups is 1. The van der Waals surface area contributed by atoms with Crippen molar-refractivity contribution in [1.82, 2.24) is 5.32 Å². The number of benzene rings is 1. The standard InChI is InChI=1S/C13H17F2NOS/c1-9-6-7-16-11(8-18-9)10-4-2-3-5-12(10)17-13(14)15/h2-5,9,11,13,16H,6-8H2,1H3. The van der Waals surface area contributed by atoms with Crippen molar-refractivity contribution in [3.05, 3.63) is 29.8 Å². The summed E-state index contributed by atoms with van der Waals surface area (Å²) in [4.78, 5) is 0. The molecule has 0 aromatic heterocycles. The van der Waals surface area contributed by atoms with Gasteiger partial charge in [0.2, 0.25) is 0 Å². The molecule has 1 aromatic rings. The van der Waals surface area contributed by atoms with E-state index in [0.717, 1.165) is 24.3 Å². The van der Waals surface area contributed by atoms with Gasteiger partial charge in [-0.05, 0) is 19.0 Å². The molecule has 1 saturated heterocycles. The van der Waals surface area contributed by atoms with Crippen molar-refractivity contribution in [1.29, 1.82) is 0 Å². The molecule has 2 unspecified atom stereocenters. The van der Waals surface area contributed by atoms with E-state index in [1.165, 1.54) is 0 Å². The Morgan fingerprint density at radius 1 is 1.39 bits per heavy atom. The van der Waals surface area contributed by atoms with E-state index in [1.807, 2.05) is 23.9 Å². The summed E-state index contributed by atoms with van der Waals surface area (Å²) in [7, 11) is 0. The van der Waals surface area contributed by atoms with E-state index in [2.05, 4.69) is 17.0 Å². The Morgan fingerprint density at radius 2 is 2.17 bits per heavy atom. The summed E-state index contributed by atoms with van der Waals surface area (Å²) in [5.74, 6) is 1.16. The average molecular weight is 273 g/mol. The van der Waals surface area contributed by atoms with Crippen LogP contribution in [0.5, 0.6) is 5.75 Å². The monoisotopic (exact) mass is 273 g/mol. The molecule has 2 atom stereocenters. The van der Waals surface area contributed by atoms with Gasteiger partial charge in [-0.3, -0.25) is 0 Å². The summed E-state index contributed by atoms with van der Waals surface area (Å²) < 4.78 is 29.3. The van der Waals surface area contributed by atoms with E-state index >= 15 is 0 Å². The SMILES string of the molecule is CC1CCNC(c2ccccc2OC(F)F)CS1. The third-order valence-corrected chi connectivity index (χ3v) is 4.33. The molecule has 0 spiro atoms. The lowest BCUT2D eigenvalue weighted by atomic mass is 10.1. The van der Waals surface area contributed by atoms with Gasteiger partial charge in [0.25, 0.3) is 0 Å². The summed E-state index contributed by atoms with van der Waals surface area (Å²) in [5, 5.41) is 4.00. The van der Waals surface area contributed by atoms with Crippen molar-refractivity contribution < 1.29 is 13.5 Å². The number of hydrogen-bond donors (Lipinski definition) is 1. The van der Waals surface area contributed by atoms with Gasteiger partial charge in [0.1, 0.15) is 5.75 Å². The fourth-order valence-electron chi connectivity index (χ4n) is 2.04. The Balaban J connectivity index is 2.15. The first-order valence-electron chi connectivity index (χ1n) is 6.05. The molecule has 1 aliphatic heterocycles.